The van der Waals surface area contributed by atoms with Crippen molar-refractivity contribution in [1.29, 1.82) is 0 Å². The molecular formula is C22H26N2O4. The minimum absolute atomic E-state index is 0.131. The van der Waals surface area contributed by atoms with Gasteiger partial charge in [-0.05, 0) is 51.0 Å². The maximum Gasteiger partial charge on any atom is 0.338 e. The lowest BCUT2D eigenvalue weighted by Gasteiger charge is -2.18. The topological polar surface area (TPSA) is 75.7 Å². The number of anilines is 1. The summed E-state index contributed by atoms with van der Waals surface area (Å²) < 4.78 is 5.10. The van der Waals surface area contributed by atoms with Gasteiger partial charge in [-0.1, -0.05) is 35.4 Å². The number of esters is 1. The van der Waals surface area contributed by atoms with Gasteiger partial charge in [0.15, 0.2) is 6.61 Å². The largest absolute Gasteiger partial charge is 0.452 e. The summed E-state index contributed by atoms with van der Waals surface area (Å²) in [7, 11) is 1.50. The number of likely N-dealkylation sites (N-methyl/N-ethyl adjacent to an activating group) is 1. The fraction of sp³-hybridized carbons (Fsp3) is 0.318. The lowest BCUT2D eigenvalue weighted by atomic mass is 10.1. The average Bonchev–Trinajstić information content (AvgIpc) is 2.61. The average molecular weight is 382 g/mol. The van der Waals surface area contributed by atoms with Gasteiger partial charge in [-0.25, -0.2) is 4.79 Å². The van der Waals surface area contributed by atoms with Crippen LogP contribution in [0.1, 0.15) is 32.6 Å². The number of carbonyl (C=O) groups is 3. The zero-order chi connectivity index (χ0) is 20.8. The van der Waals surface area contributed by atoms with E-state index in [1.54, 1.807) is 12.1 Å². The fourth-order valence-corrected chi connectivity index (χ4v) is 2.91. The van der Waals surface area contributed by atoms with Crippen molar-refractivity contribution in [3.8, 4) is 0 Å². The molecule has 0 saturated heterocycles. The highest BCUT2D eigenvalue weighted by Gasteiger charge is 2.17. The molecule has 0 aliphatic heterocycles. The summed E-state index contributed by atoms with van der Waals surface area (Å²) in [6, 6.07) is 11.1. The third-order valence-corrected chi connectivity index (χ3v) is 4.34. The molecule has 2 amide bonds. The Bertz CT molecular complexity index is 865. The maximum atomic E-state index is 12.3. The molecule has 6 nitrogen and oxygen atoms in total. The number of nitrogens with one attached hydrogen (secondary N) is 1. The number of carbonyl (C=O) groups excluding carboxylic acids is 3. The van der Waals surface area contributed by atoms with Gasteiger partial charge in [-0.2, -0.15) is 0 Å². The first-order valence-corrected chi connectivity index (χ1v) is 9.03. The van der Waals surface area contributed by atoms with E-state index in [-0.39, 0.29) is 12.5 Å². The summed E-state index contributed by atoms with van der Waals surface area (Å²) >= 11 is 0. The van der Waals surface area contributed by atoms with Gasteiger partial charge in [0.2, 0.25) is 5.91 Å². The number of benzene rings is 2. The highest BCUT2D eigenvalue weighted by atomic mass is 16.5. The fourth-order valence-electron chi connectivity index (χ4n) is 2.91. The van der Waals surface area contributed by atoms with Gasteiger partial charge in [-0.15, -0.1) is 0 Å². The van der Waals surface area contributed by atoms with Crippen molar-refractivity contribution in [1.82, 2.24) is 4.90 Å². The smallest absolute Gasteiger partial charge is 0.338 e. The quantitative estimate of drug-likeness (QED) is 0.779. The van der Waals surface area contributed by atoms with Crippen LogP contribution < -0.4 is 5.32 Å². The minimum Gasteiger partial charge on any atom is -0.452 e. The van der Waals surface area contributed by atoms with E-state index in [0.717, 1.165) is 27.9 Å². The highest BCUT2D eigenvalue weighted by molar-refractivity contribution is 5.96. The van der Waals surface area contributed by atoms with Crippen molar-refractivity contribution in [3.63, 3.8) is 0 Å². The number of nitrogens with zero attached hydrogens (tertiary/aromatic N) is 1. The molecule has 2 rings (SSSR count). The molecule has 0 aromatic heterocycles. The zero-order valence-electron chi connectivity index (χ0n) is 17.0. The molecule has 1 N–H and O–H groups in total. The Kier molecular flexibility index (Phi) is 6.93. The summed E-state index contributed by atoms with van der Waals surface area (Å²) in [4.78, 5) is 37.8. The van der Waals surface area contributed by atoms with Gasteiger partial charge in [0, 0.05) is 12.7 Å². The molecule has 0 saturated carbocycles. The van der Waals surface area contributed by atoms with E-state index in [2.05, 4.69) is 5.32 Å². The van der Waals surface area contributed by atoms with Gasteiger partial charge in [0.05, 0.1) is 12.1 Å². The second-order valence-corrected chi connectivity index (χ2v) is 7.02. The Morgan fingerprint density at radius 3 is 2.11 bits per heavy atom. The molecular weight excluding hydrogens is 356 g/mol. The van der Waals surface area contributed by atoms with Crippen LogP contribution in [-0.4, -0.2) is 42.9 Å². The van der Waals surface area contributed by atoms with Crippen LogP contribution in [0.3, 0.4) is 0 Å². The number of para-hydroxylation sites is 1. The molecule has 148 valence electrons. The lowest BCUT2D eigenvalue weighted by Crippen LogP contribution is -2.37. The van der Waals surface area contributed by atoms with Crippen LogP contribution in [0.2, 0.25) is 0 Å². The predicted molar refractivity (Wildman–Crippen MR) is 108 cm³/mol. The van der Waals surface area contributed by atoms with Crippen LogP contribution >= 0.6 is 0 Å². The van der Waals surface area contributed by atoms with Crippen LogP contribution in [0.15, 0.2) is 36.4 Å². The van der Waals surface area contributed by atoms with Crippen molar-refractivity contribution in [2.75, 3.05) is 25.5 Å². The van der Waals surface area contributed by atoms with Crippen molar-refractivity contribution in [3.05, 3.63) is 64.2 Å². The molecule has 6 heteroatoms. The number of hydrogen-bond acceptors (Lipinski definition) is 4. The van der Waals surface area contributed by atoms with Crippen LogP contribution in [-0.2, 0) is 14.3 Å². The van der Waals surface area contributed by atoms with Crippen molar-refractivity contribution >= 4 is 23.5 Å². The van der Waals surface area contributed by atoms with Gasteiger partial charge in [0.1, 0.15) is 0 Å². The normalized spacial score (nSPS) is 10.3. The van der Waals surface area contributed by atoms with Crippen LogP contribution in [0, 0.1) is 27.7 Å². The lowest BCUT2D eigenvalue weighted by molar-refractivity contribution is -0.136. The van der Waals surface area contributed by atoms with Crippen molar-refractivity contribution in [2.24, 2.45) is 0 Å². The van der Waals surface area contributed by atoms with E-state index >= 15 is 0 Å². The summed E-state index contributed by atoms with van der Waals surface area (Å²) in [6.07, 6.45) is 0. The van der Waals surface area contributed by atoms with Gasteiger partial charge in [0.25, 0.3) is 5.91 Å². The Labute approximate surface area is 165 Å². The summed E-state index contributed by atoms with van der Waals surface area (Å²) in [5.74, 6) is -1.32. The van der Waals surface area contributed by atoms with Gasteiger partial charge >= 0.3 is 5.97 Å². The molecule has 0 aliphatic carbocycles. The molecule has 0 radical (unpaired) electrons. The molecule has 0 spiro atoms. The molecule has 0 fully saturated rings. The first kappa shape index (κ1) is 21.2. The molecule has 2 aromatic carbocycles. The maximum absolute atomic E-state index is 12.3. The first-order valence-electron chi connectivity index (χ1n) is 9.03. The third-order valence-electron chi connectivity index (χ3n) is 4.34. The van der Waals surface area contributed by atoms with E-state index in [9.17, 15) is 14.4 Å². The highest BCUT2D eigenvalue weighted by Crippen LogP contribution is 2.19. The molecule has 0 heterocycles. The van der Waals surface area contributed by atoms with Crippen molar-refractivity contribution < 1.29 is 19.1 Å². The molecule has 0 bridgehead atoms. The molecule has 28 heavy (non-hydrogen) atoms. The number of aryl methyl sites for hydroxylation is 4. The monoisotopic (exact) mass is 382 g/mol. The van der Waals surface area contributed by atoms with Gasteiger partial charge in [-0.3, -0.25) is 9.59 Å². The number of rotatable bonds is 6. The van der Waals surface area contributed by atoms with Gasteiger partial charge < -0.3 is 15.0 Å². The van der Waals surface area contributed by atoms with Crippen LogP contribution in [0.4, 0.5) is 5.69 Å². The summed E-state index contributed by atoms with van der Waals surface area (Å²) in [5, 5.41) is 2.83. The summed E-state index contributed by atoms with van der Waals surface area (Å²) in [6.45, 7) is 7.04. The zero-order valence-corrected chi connectivity index (χ0v) is 17.0. The standard InChI is InChI=1S/C22H26N2O4/c1-14-9-15(2)11-18(10-14)22(27)28-13-20(26)24(5)12-19(25)23-21-16(3)7-6-8-17(21)4/h6-11H,12-13H2,1-5H3,(H,23,25). The van der Waals surface area contributed by atoms with E-state index in [1.165, 1.54) is 11.9 Å². The van der Waals surface area contributed by atoms with Crippen LogP contribution in [0.25, 0.3) is 0 Å². The van der Waals surface area contributed by atoms with E-state index in [4.69, 9.17) is 4.74 Å². The van der Waals surface area contributed by atoms with E-state index in [0.29, 0.717) is 5.56 Å². The summed E-state index contributed by atoms with van der Waals surface area (Å²) in [5.41, 5.74) is 4.93. The molecule has 2 aromatic rings. The molecule has 0 unspecified atom stereocenters. The predicted octanol–water partition coefficient (Wildman–Crippen LogP) is 3.17. The Balaban J connectivity index is 1.88. The third kappa shape index (κ3) is 5.67. The Morgan fingerprint density at radius 2 is 1.54 bits per heavy atom. The number of ether oxygens (including phenoxy) is 1. The number of amides is 2. The second kappa shape index (κ2) is 9.17. The number of hydrogen-bond donors (Lipinski definition) is 1. The SMILES string of the molecule is Cc1cc(C)cc(C(=O)OCC(=O)N(C)CC(=O)Nc2c(C)cccc2C)c1. The minimum atomic E-state index is -0.562. The van der Waals surface area contributed by atoms with E-state index < -0.39 is 18.5 Å². The Hall–Kier alpha value is -3.15. The molecule has 0 aliphatic rings. The molecule has 0 atom stereocenters. The first-order chi connectivity index (χ1) is 13.2. The van der Waals surface area contributed by atoms with Crippen LogP contribution in [0.5, 0.6) is 0 Å². The Morgan fingerprint density at radius 1 is 0.964 bits per heavy atom. The van der Waals surface area contributed by atoms with Crippen molar-refractivity contribution in [2.45, 2.75) is 27.7 Å². The second-order valence-electron chi connectivity index (χ2n) is 7.02. The van der Waals surface area contributed by atoms with E-state index in [1.807, 2.05) is 52.0 Å².